The van der Waals surface area contributed by atoms with Gasteiger partial charge in [-0.15, -0.1) is 0 Å². The average Bonchev–Trinajstić information content (AvgIpc) is 2.80. The van der Waals surface area contributed by atoms with Gasteiger partial charge in [-0.05, 0) is 80.0 Å². The molecular formula is C24H29F3N4O4S. The molecule has 0 bridgehead atoms. The van der Waals surface area contributed by atoms with Gasteiger partial charge in [0, 0.05) is 17.3 Å². The summed E-state index contributed by atoms with van der Waals surface area (Å²) < 4.78 is 65.0. The number of nitrogens with one attached hydrogen (secondary N) is 4. The minimum absolute atomic E-state index is 0.0614. The Balaban J connectivity index is 1.67. The molecule has 12 heteroatoms. The SMILES string of the molecule is Cc1ccc(S(=O)(=O)Nc2ccc(NNC(=O)C(F)(F)F)cc2)cc1NC(=O)C1CCC(C)C(C)C1. The summed E-state index contributed by atoms with van der Waals surface area (Å²) >= 11 is 0. The topological polar surface area (TPSA) is 116 Å². The average molecular weight is 527 g/mol. The van der Waals surface area contributed by atoms with Crippen LogP contribution in [0.5, 0.6) is 0 Å². The second-order valence-electron chi connectivity index (χ2n) is 9.19. The van der Waals surface area contributed by atoms with E-state index in [1.165, 1.54) is 41.8 Å². The van der Waals surface area contributed by atoms with Crippen LogP contribution in [0.1, 0.15) is 38.7 Å². The molecule has 1 aliphatic carbocycles. The number of hydrogen-bond donors (Lipinski definition) is 4. The first-order valence-corrected chi connectivity index (χ1v) is 12.9. The van der Waals surface area contributed by atoms with E-state index in [0.29, 0.717) is 17.5 Å². The summed E-state index contributed by atoms with van der Waals surface area (Å²) in [7, 11) is -4.03. The second-order valence-corrected chi connectivity index (χ2v) is 10.9. The number of alkyl halides is 3. The van der Waals surface area contributed by atoms with Gasteiger partial charge in [0.15, 0.2) is 0 Å². The van der Waals surface area contributed by atoms with Crippen LogP contribution in [0.4, 0.5) is 30.2 Å². The van der Waals surface area contributed by atoms with Crippen LogP contribution in [0.2, 0.25) is 0 Å². The Hall–Kier alpha value is -3.28. The van der Waals surface area contributed by atoms with Crippen molar-refractivity contribution in [1.29, 1.82) is 0 Å². The molecule has 0 heterocycles. The number of hydrazine groups is 1. The Morgan fingerprint density at radius 3 is 2.19 bits per heavy atom. The first-order valence-electron chi connectivity index (χ1n) is 11.4. The number of hydrogen-bond acceptors (Lipinski definition) is 5. The number of rotatable bonds is 7. The predicted molar refractivity (Wildman–Crippen MR) is 131 cm³/mol. The molecule has 0 radical (unpaired) electrons. The van der Waals surface area contributed by atoms with E-state index in [-0.39, 0.29) is 28.1 Å². The van der Waals surface area contributed by atoms with Crippen LogP contribution in [0.25, 0.3) is 0 Å². The monoisotopic (exact) mass is 526 g/mol. The third kappa shape index (κ3) is 6.90. The van der Waals surface area contributed by atoms with Gasteiger partial charge >= 0.3 is 12.1 Å². The number of amides is 2. The summed E-state index contributed by atoms with van der Waals surface area (Å²) in [5, 5.41) is 2.88. The van der Waals surface area contributed by atoms with Crippen LogP contribution in [-0.4, -0.2) is 26.4 Å². The van der Waals surface area contributed by atoms with Crippen molar-refractivity contribution >= 4 is 38.9 Å². The number of sulfonamides is 1. The van der Waals surface area contributed by atoms with Crippen molar-refractivity contribution in [2.45, 2.75) is 51.1 Å². The van der Waals surface area contributed by atoms with E-state index in [2.05, 4.69) is 29.3 Å². The van der Waals surface area contributed by atoms with Crippen LogP contribution < -0.4 is 20.9 Å². The number of benzene rings is 2. The highest BCUT2D eigenvalue weighted by atomic mass is 32.2. The molecule has 3 rings (SSSR count). The van der Waals surface area contributed by atoms with Gasteiger partial charge in [0.05, 0.1) is 10.6 Å². The number of carbonyl (C=O) groups excluding carboxylic acids is 2. The highest BCUT2D eigenvalue weighted by Crippen LogP contribution is 2.34. The summed E-state index contributed by atoms with van der Waals surface area (Å²) in [6.45, 7) is 6.09. The van der Waals surface area contributed by atoms with Gasteiger partial charge in [0.25, 0.3) is 10.0 Å². The quantitative estimate of drug-likeness (QED) is 0.387. The van der Waals surface area contributed by atoms with Crippen molar-refractivity contribution in [2.75, 3.05) is 15.5 Å². The molecule has 2 aromatic rings. The lowest BCUT2D eigenvalue weighted by atomic mass is 9.75. The first-order chi connectivity index (χ1) is 16.8. The van der Waals surface area contributed by atoms with Crippen molar-refractivity contribution in [1.82, 2.24) is 5.43 Å². The summed E-state index contributed by atoms with van der Waals surface area (Å²) in [5.41, 5.74) is 4.99. The first kappa shape index (κ1) is 27.3. The predicted octanol–water partition coefficient (Wildman–Crippen LogP) is 4.81. The third-order valence-electron chi connectivity index (χ3n) is 6.46. The van der Waals surface area contributed by atoms with E-state index in [1.54, 1.807) is 13.0 Å². The Bertz CT molecular complexity index is 1220. The van der Waals surface area contributed by atoms with Gasteiger partial charge in [0.1, 0.15) is 0 Å². The van der Waals surface area contributed by atoms with E-state index in [1.807, 2.05) is 0 Å². The Labute approximate surface area is 208 Å². The van der Waals surface area contributed by atoms with Gasteiger partial charge in [-0.2, -0.15) is 13.2 Å². The third-order valence-corrected chi connectivity index (χ3v) is 7.84. The van der Waals surface area contributed by atoms with Crippen LogP contribution in [0, 0.1) is 24.7 Å². The fourth-order valence-electron chi connectivity index (χ4n) is 3.96. The molecule has 1 fully saturated rings. The zero-order valence-electron chi connectivity index (χ0n) is 20.1. The molecule has 2 aromatic carbocycles. The molecule has 0 aromatic heterocycles. The van der Waals surface area contributed by atoms with Crippen LogP contribution >= 0.6 is 0 Å². The zero-order chi connectivity index (χ0) is 26.7. The molecule has 0 spiro atoms. The minimum atomic E-state index is -5.04. The van der Waals surface area contributed by atoms with Gasteiger partial charge in [-0.25, -0.2) is 8.42 Å². The molecule has 8 nitrogen and oxygen atoms in total. The van der Waals surface area contributed by atoms with E-state index in [4.69, 9.17) is 0 Å². The zero-order valence-corrected chi connectivity index (χ0v) is 20.9. The molecule has 3 atom stereocenters. The summed E-state index contributed by atoms with van der Waals surface area (Å²) in [6.07, 6.45) is -2.49. The van der Waals surface area contributed by atoms with Crippen LogP contribution in [0.15, 0.2) is 47.4 Å². The number of aryl methyl sites for hydroxylation is 1. The molecule has 3 unspecified atom stereocenters. The summed E-state index contributed by atoms with van der Waals surface area (Å²) in [5.74, 6) is -1.41. The minimum Gasteiger partial charge on any atom is -0.326 e. The maximum Gasteiger partial charge on any atom is 0.472 e. The second kappa shape index (κ2) is 10.8. The molecule has 4 N–H and O–H groups in total. The molecule has 1 saturated carbocycles. The van der Waals surface area contributed by atoms with Gasteiger partial charge in [-0.3, -0.25) is 25.2 Å². The van der Waals surface area contributed by atoms with Gasteiger partial charge in [-0.1, -0.05) is 19.9 Å². The largest absolute Gasteiger partial charge is 0.472 e. The highest BCUT2D eigenvalue weighted by Gasteiger charge is 2.38. The fourth-order valence-corrected chi connectivity index (χ4v) is 5.04. The Morgan fingerprint density at radius 1 is 0.944 bits per heavy atom. The normalized spacial score (nSPS) is 20.3. The number of anilines is 3. The highest BCUT2D eigenvalue weighted by molar-refractivity contribution is 7.92. The Morgan fingerprint density at radius 2 is 1.58 bits per heavy atom. The van der Waals surface area contributed by atoms with Crippen LogP contribution in [-0.2, 0) is 19.6 Å². The lowest BCUT2D eigenvalue weighted by Crippen LogP contribution is -2.40. The molecule has 1 aliphatic rings. The lowest BCUT2D eigenvalue weighted by Gasteiger charge is -2.31. The van der Waals surface area contributed by atoms with Crippen LogP contribution in [0.3, 0.4) is 0 Å². The molecular weight excluding hydrogens is 497 g/mol. The van der Waals surface area contributed by atoms with Crippen molar-refractivity contribution in [3.63, 3.8) is 0 Å². The van der Waals surface area contributed by atoms with E-state index >= 15 is 0 Å². The summed E-state index contributed by atoms with van der Waals surface area (Å²) in [6, 6.07) is 9.64. The Kier molecular flexibility index (Phi) is 8.17. The fraction of sp³-hybridized carbons (Fsp3) is 0.417. The molecule has 2 amide bonds. The number of carbonyl (C=O) groups is 2. The van der Waals surface area contributed by atoms with Crippen molar-refractivity contribution < 1.29 is 31.2 Å². The molecule has 0 saturated heterocycles. The maximum absolute atomic E-state index is 12.9. The van der Waals surface area contributed by atoms with Gasteiger partial charge < -0.3 is 5.32 Å². The van der Waals surface area contributed by atoms with Crippen molar-refractivity contribution in [3.05, 3.63) is 48.0 Å². The standard InChI is InChI=1S/C24H29F3N4O4S/c1-14-4-6-17(12-16(14)3)22(32)28-21-13-20(11-5-15(21)2)36(34,35)31-19-9-7-18(8-10-19)29-30-23(33)24(25,26)27/h5,7-11,13-14,16-17,29,31H,4,6,12H2,1-3H3,(H,28,32)(H,30,33). The van der Waals surface area contributed by atoms with E-state index < -0.39 is 22.1 Å². The smallest absolute Gasteiger partial charge is 0.326 e. The maximum atomic E-state index is 12.9. The molecule has 0 aliphatic heterocycles. The van der Waals surface area contributed by atoms with Gasteiger partial charge in [0.2, 0.25) is 5.91 Å². The number of halogens is 3. The lowest BCUT2D eigenvalue weighted by molar-refractivity contribution is -0.173. The van der Waals surface area contributed by atoms with E-state index in [0.717, 1.165) is 24.8 Å². The molecule has 196 valence electrons. The van der Waals surface area contributed by atoms with E-state index in [9.17, 15) is 31.2 Å². The summed E-state index contributed by atoms with van der Waals surface area (Å²) in [4.78, 5) is 23.6. The van der Waals surface area contributed by atoms with Crippen molar-refractivity contribution in [2.24, 2.45) is 17.8 Å². The molecule has 36 heavy (non-hydrogen) atoms. The van der Waals surface area contributed by atoms with Crippen molar-refractivity contribution in [3.8, 4) is 0 Å².